The molecule has 156 valence electrons. The van der Waals surface area contributed by atoms with Crippen LogP contribution < -0.4 is 10.1 Å². The molecule has 0 bridgehead atoms. The number of carbonyl (C=O) groups is 1. The van der Waals surface area contributed by atoms with E-state index in [2.05, 4.69) is 15.5 Å². The Balaban J connectivity index is 1.42. The summed E-state index contributed by atoms with van der Waals surface area (Å²) in [5, 5.41) is 10.2. The summed E-state index contributed by atoms with van der Waals surface area (Å²) in [4.78, 5) is 12.7. The van der Waals surface area contributed by atoms with Crippen molar-refractivity contribution in [1.29, 1.82) is 0 Å². The Morgan fingerprint density at radius 3 is 2.70 bits per heavy atom. The predicted octanol–water partition coefficient (Wildman–Crippen LogP) is 5.27. The number of anilines is 1. The number of aromatic amines is 1. The van der Waals surface area contributed by atoms with Crippen molar-refractivity contribution in [2.24, 2.45) is 0 Å². The minimum absolute atomic E-state index is 0.0876. The second kappa shape index (κ2) is 9.26. The van der Waals surface area contributed by atoms with Gasteiger partial charge in [-0.25, -0.2) is 0 Å². The molecule has 1 aromatic heterocycles. The van der Waals surface area contributed by atoms with Crippen molar-refractivity contribution < 1.29 is 9.53 Å². The van der Waals surface area contributed by atoms with Crippen LogP contribution in [-0.4, -0.2) is 26.8 Å². The molecular formula is C23H26N4O2S. The van der Waals surface area contributed by atoms with Crippen LogP contribution in [0.15, 0.2) is 48.5 Å². The van der Waals surface area contributed by atoms with E-state index in [4.69, 9.17) is 17.0 Å². The van der Waals surface area contributed by atoms with E-state index in [1.54, 1.807) is 0 Å². The summed E-state index contributed by atoms with van der Waals surface area (Å²) in [7, 11) is 0. The molecule has 0 unspecified atom stereocenters. The molecule has 0 spiro atoms. The van der Waals surface area contributed by atoms with Crippen molar-refractivity contribution in [3.63, 3.8) is 0 Å². The number of hydrogen-bond donors (Lipinski definition) is 2. The van der Waals surface area contributed by atoms with E-state index in [1.807, 2.05) is 60.0 Å². The summed E-state index contributed by atoms with van der Waals surface area (Å²) in [6.45, 7) is 2.48. The third kappa shape index (κ3) is 4.79. The molecule has 0 saturated heterocycles. The van der Waals surface area contributed by atoms with Gasteiger partial charge >= 0.3 is 0 Å². The molecule has 1 fully saturated rings. The first-order valence-corrected chi connectivity index (χ1v) is 10.8. The van der Waals surface area contributed by atoms with Crippen molar-refractivity contribution >= 4 is 23.8 Å². The number of nitrogens with one attached hydrogen (secondary N) is 2. The first-order chi connectivity index (χ1) is 14.6. The standard InChI is InChI=1S/C23H26N4O2S/c1-16-10-12-17(13-11-16)22-25-26-23(30)27(22)15-14-21(28)24-19-8-4-5-9-20(19)29-18-6-2-3-7-18/h4-5,8-13,18H,2-3,6-7,14-15H2,1H3,(H,24,28)(H,26,30). The van der Waals surface area contributed by atoms with Gasteiger partial charge < -0.3 is 10.1 Å². The molecule has 1 amide bonds. The Morgan fingerprint density at radius 2 is 1.93 bits per heavy atom. The lowest BCUT2D eigenvalue weighted by Crippen LogP contribution is -2.17. The maximum atomic E-state index is 12.7. The molecule has 0 aliphatic heterocycles. The van der Waals surface area contributed by atoms with E-state index in [0.717, 1.165) is 30.0 Å². The number of para-hydroxylation sites is 2. The topological polar surface area (TPSA) is 71.9 Å². The van der Waals surface area contributed by atoms with Crippen molar-refractivity contribution in [1.82, 2.24) is 14.8 Å². The van der Waals surface area contributed by atoms with E-state index >= 15 is 0 Å². The summed E-state index contributed by atoms with van der Waals surface area (Å²) in [6, 6.07) is 15.7. The van der Waals surface area contributed by atoms with E-state index in [-0.39, 0.29) is 18.4 Å². The van der Waals surface area contributed by atoms with Crippen molar-refractivity contribution in [3.05, 3.63) is 58.9 Å². The average Bonchev–Trinajstić information content (AvgIpc) is 3.38. The number of rotatable bonds is 7. The van der Waals surface area contributed by atoms with Gasteiger partial charge in [-0.1, -0.05) is 42.0 Å². The highest BCUT2D eigenvalue weighted by Gasteiger charge is 2.18. The fourth-order valence-corrected chi connectivity index (χ4v) is 3.96. The Labute approximate surface area is 181 Å². The van der Waals surface area contributed by atoms with E-state index < -0.39 is 0 Å². The number of aromatic nitrogens is 3. The number of benzene rings is 2. The number of H-pyrrole nitrogens is 1. The average molecular weight is 423 g/mol. The Bertz CT molecular complexity index is 1070. The molecule has 3 aromatic rings. The predicted molar refractivity (Wildman–Crippen MR) is 120 cm³/mol. The number of ether oxygens (including phenoxy) is 1. The largest absolute Gasteiger partial charge is 0.488 e. The molecule has 1 aliphatic carbocycles. The van der Waals surface area contributed by atoms with E-state index in [9.17, 15) is 4.79 Å². The molecule has 0 atom stereocenters. The summed E-state index contributed by atoms with van der Waals surface area (Å²) in [6.07, 6.45) is 5.07. The van der Waals surface area contributed by atoms with Gasteiger partial charge in [-0.05, 0) is 57.0 Å². The molecule has 7 heteroatoms. The molecule has 2 N–H and O–H groups in total. The first kappa shape index (κ1) is 20.3. The molecule has 1 heterocycles. The van der Waals surface area contributed by atoms with E-state index in [0.29, 0.717) is 17.0 Å². The maximum absolute atomic E-state index is 12.7. The Morgan fingerprint density at radius 1 is 1.20 bits per heavy atom. The second-order valence-electron chi connectivity index (χ2n) is 7.69. The molecular weight excluding hydrogens is 396 g/mol. The number of hydrogen-bond acceptors (Lipinski definition) is 4. The molecule has 1 aliphatic rings. The SMILES string of the molecule is Cc1ccc(-c2n[nH]c(=S)n2CCC(=O)Nc2ccccc2OC2CCCC2)cc1. The fourth-order valence-electron chi connectivity index (χ4n) is 3.73. The van der Waals surface area contributed by atoms with Crippen molar-refractivity contribution in [2.45, 2.75) is 51.7 Å². The van der Waals surface area contributed by atoms with Crippen LogP contribution in [0.3, 0.4) is 0 Å². The van der Waals surface area contributed by atoms with Crippen LogP contribution in [0.4, 0.5) is 5.69 Å². The molecule has 2 aromatic carbocycles. The minimum Gasteiger partial charge on any atom is -0.488 e. The molecule has 0 radical (unpaired) electrons. The second-order valence-corrected chi connectivity index (χ2v) is 8.08. The minimum atomic E-state index is -0.0876. The van der Waals surface area contributed by atoms with Gasteiger partial charge in [-0.2, -0.15) is 5.10 Å². The number of aryl methyl sites for hydroxylation is 1. The van der Waals surface area contributed by atoms with Gasteiger partial charge in [-0.3, -0.25) is 14.5 Å². The summed E-state index contributed by atoms with van der Waals surface area (Å²) in [5.74, 6) is 1.38. The number of amides is 1. The van der Waals surface area contributed by atoms with Gasteiger partial charge in [0.25, 0.3) is 0 Å². The molecule has 4 rings (SSSR count). The smallest absolute Gasteiger partial charge is 0.226 e. The summed E-state index contributed by atoms with van der Waals surface area (Å²) < 4.78 is 8.48. The van der Waals surface area contributed by atoms with Crippen LogP contribution in [0.2, 0.25) is 0 Å². The number of nitrogens with zero attached hydrogens (tertiary/aromatic N) is 2. The fraction of sp³-hybridized carbons (Fsp3) is 0.348. The van der Waals surface area contributed by atoms with Crippen molar-refractivity contribution in [3.8, 4) is 17.1 Å². The highest BCUT2D eigenvalue weighted by Crippen LogP contribution is 2.29. The highest BCUT2D eigenvalue weighted by molar-refractivity contribution is 7.71. The van der Waals surface area contributed by atoms with Crippen LogP contribution in [0.5, 0.6) is 5.75 Å². The van der Waals surface area contributed by atoms with Gasteiger partial charge in [0.15, 0.2) is 10.6 Å². The van der Waals surface area contributed by atoms with Crippen LogP contribution >= 0.6 is 12.2 Å². The van der Waals surface area contributed by atoms with Gasteiger partial charge in [0.05, 0.1) is 11.8 Å². The first-order valence-electron chi connectivity index (χ1n) is 10.4. The van der Waals surface area contributed by atoms with E-state index in [1.165, 1.54) is 18.4 Å². The monoisotopic (exact) mass is 422 g/mol. The molecule has 1 saturated carbocycles. The quantitative estimate of drug-likeness (QED) is 0.509. The highest BCUT2D eigenvalue weighted by atomic mass is 32.1. The lowest BCUT2D eigenvalue weighted by atomic mass is 10.1. The number of carbonyl (C=O) groups excluding carboxylic acids is 1. The summed E-state index contributed by atoms with van der Waals surface area (Å²) in [5.41, 5.74) is 2.85. The lowest BCUT2D eigenvalue weighted by molar-refractivity contribution is -0.116. The Hall–Kier alpha value is -2.93. The van der Waals surface area contributed by atoms with Crippen molar-refractivity contribution in [2.75, 3.05) is 5.32 Å². The molecule has 30 heavy (non-hydrogen) atoms. The van der Waals surface area contributed by atoms with Crippen LogP contribution in [-0.2, 0) is 11.3 Å². The zero-order chi connectivity index (χ0) is 20.9. The normalized spacial score (nSPS) is 14.0. The third-order valence-electron chi connectivity index (χ3n) is 5.39. The van der Waals surface area contributed by atoms with Gasteiger partial charge in [0.2, 0.25) is 5.91 Å². The van der Waals surface area contributed by atoms with Crippen LogP contribution in [0, 0.1) is 11.7 Å². The van der Waals surface area contributed by atoms with Gasteiger partial charge in [-0.15, -0.1) is 0 Å². The Kier molecular flexibility index (Phi) is 6.28. The lowest BCUT2D eigenvalue weighted by Gasteiger charge is -2.17. The summed E-state index contributed by atoms with van der Waals surface area (Å²) >= 11 is 5.37. The zero-order valence-corrected chi connectivity index (χ0v) is 17.9. The van der Waals surface area contributed by atoms with Gasteiger partial charge in [0.1, 0.15) is 5.75 Å². The van der Waals surface area contributed by atoms with Crippen LogP contribution in [0.1, 0.15) is 37.7 Å². The third-order valence-corrected chi connectivity index (χ3v) is 5.70. The van der Waals surface area contributed by atoms with Crippen LogP contribution in [0.25, 0.3) is 11.4 Å². The van der Waals surface area contributed by atoms with Gasteiger partial charge in [0, 0.05) is 18.5 Å². The maximum Gasteiger partial charge on any atom is 0.226 e. The molecule has 6 nitrogen and oxygen atoms in total. The zero-order valence-electron chi connectivity index (χ0n) is 17.1.